The first-order chi connectivity index (χ1) is 13.8. The SMILES string of the molecule is COC1=C(c2ccc(N(C)CC(=O)O)cc2)C(=O)N(c2ccc(C(=N)N)cc2)C1.Cl. The molecule has 0 spiro atoms. The highest BCUT2D eigenvalue weighted by atomic mass is 35.5. The number of likely N-dealkylation sites (N-methyl/N-ethyl adjacent to an activating group) is 1. The first-order valence-electron chi connectivity index (χ1n) is 8.88. The van der Waals surface area contributed by atoms with Gasteiger partial charge in [-0.15, -0.1) is 12.4 Å². The number of nitrogens with one attached hydrogen (secondary N) is 1. The van der Waals surface area contributed by atoms with E-state index >= 15 is 0 Å². The molecule has 0 saturated heterocycles. The standard InChI is InChI=1S/C21H22N4O4.ClH/c1-24(12-18(26)27)15-7-3-13(4-8-15)19-17(29-2)11-25(21(19)28)16-9-5-14(6-10-16)20(22)23;/h3-10H,11-12H2,1-2H3,(H3,22,23)(H,26,27);1H. The highest BCUT2D eigenvalue weighted by Gasteiger charge is 2.33. The van der Waals surface area contributed by atoms with Crippen LogP contribution in [0.15, 0.2) is 54.3 Å². The Morgan fingerprint density at radius 2 is 1.80 bits per heavy atom. The van der Waals surface area contributed by atoms with Crippen molar-refractivity contribution < 1.29 is 19.4 Å². The fraction of sp³-hybridized carbons (Fsp3) is 0.190. The Labute approximate surface area is 180 Å². The summed E-state index contributed by atoms with van der Waals surface area (Å²) >= 11 is 0. The molecule has 1 aliphatic heterocycles. The number of amides is 1. The van der Waals surface area contributed by atoms with Crippen LogP contribution in [-0.2, 0) is 14.3 Å². The van der Waals surface area contributed by atoms with E-state index in [1.807, 2.05) is 0 Å². The number of ether oxygens (including phenoxy) is 1. The molecule has 1 aliphatic rings. The van der Waals surface area contributed by atoms with Gasteiger partial charge in [0.1, 0.15) is 18.1 Å². The number of anilines is 2. The van der Waals surface area contributed by atoms with Crippen LogP contribution in [0.5, 0.6) is 0 Å². The van der Waals surface area contributed by atoms with Gasteiger partial charge in [0.2, 0.25) is 0 Å². The first kappa shape index (κ1) is 22.8. The van der Waals surface area contributed by atoms with Gasteiger partial charge in [0, 0.05) is 24.0 Å². The van der Waals surface area contributed by atoms with E-state index in [0.717, 1.165) is 5.69 Å². The molecule has 0 fully saturated rings. The number of nitrogen functional groups attached to an aromatic ring is 1. The van der Waals surface area contributed by atoms with Crippen molar-refractivity contribution >= 4 is 47.1 Å². The van der Waals surface area contributed by atoms with Gasteiger partial charge in [0.05, 0.1) is 19.2 Å². The Balaban J connectivity index is 0.00000320. The van der Waals surface area contributed by atoms with E-state index in [2.05, 4.69) is 0 Å². The molecule has 2 aromatic carbocycles. The molecular weight excluding hydrogens is 408 g/mol. The maximum Gasteiger partial charge on any atom is 0.323 e. The van der Waals surface area contributed by atoms with Crippen molar-refractivity contribution in [2.75, 3.05) is 37.0 Å². The molecule has 0 saturated carbocycles. The highest BCUT2D eigenvalue weighted by molar-refractivity contribution is 6.29. The number of carboxylic acids is 1. The molecule has 0 radical (unpaired) electrons. The van der Waals surface area contributed by atoms with Crippen LogP contribution >= 0.6 is 12.4 Å². The Morgan fingerprint density at radius 3 is 2.30 bits per heavy atom. The number of carbonyl (C=O) groups excluding carboxylic acids is 1. The van der Waals surface area contributed by atoms with Crippen molar-refractivity contribution in [1.82, 2.24) is 0 Å². The van der Waals surface area contributed by atoms with E-state index in [0.29, 0.717) is 34.7 Å². The van der Waals surface area contributed by atoms with Gasteiger partial charge in [-0.2, -0.15) is 0 Å². The number of aliphatic carboxylic acids is 1. The zero-order valence-corrected chi connectivity index (χ0v) is 17.4. The molecule has 1 heterocycles. The van der Waals surface area contributed by atoms with E-state index in [1.165, 1.54) is 7.11 Å². The summed E-state index contributed by atoms with van der Waals surface area (Å²) in [4.78, 5) is 27.2. The average Bonchev–Trinajstić information content (AvgIpc) is 3.04. The number of nitrogens with zero attached hydrogens (tertiary/aromatic N) is 2. The predicted octanol–water partition coefficient (Wildman–Crippen LogP) is 2.32. The van der Waals surface area contributed by atoms with Gasteiger partial charge in [-0.05, 0) is 42.0 Å². The lowest BCUT2D eigenvalue weighted by atomic mass is 10.0. The monoisotopic (exact) mass is 430 g/mol. The average molecular weight is 431 g/mol. The fourth-order valence-corrected chi connectivity index (χ4v) is 3.21. The minimum Gasteiger partial charge on any atom is -0.498 e. The number of rotatable bonds is 7. The van der Waals surface area contributed by atoms with Crippen LogP contribution in [0.25, 0.3) is 5.57 Å². The molecule has 4 N–H and O–H groups in total. The minimum atomic E-state index is -0.918. The van der Waals surface area contributed by atoms with Gasteiger partial charge in [0.15, 0.2) is 0 Å². The van der Waals surface area contributed by atoms with E-state index < -0.39 is 5.97 Å². The molecule has 0 aliphatic carbocycles. The van der Waals surface area contributed by atoms with Crippen molar-refractivity contribution in [3.05, 3.63) is 65.4 Å². The van der Waals surface area contributed by atoms with Gasteiger partial charge >= 0.3 is 5.97 Å². The first-order valence-corrected chi connectivity index (χ1v) is 8.88. The molecule has 0 bridgehead atoms. The van der Waals surface area contributed by atoms with E-state index in [9.17, 15) is 9.59 Å². The summed E-state index contributed by atoms with van der Waals surface area (Å²) in [6.07, 6.45) is 0. The number of nitrogens with two attached hydrogens (primary N) is 1. The predicted molar refractivity (Wildman–Crippen MR) is 118 cm³/mol. The number of benzene rings is 2. The van der Waals surface area contributed by atoms with Gasteiger partial charge < -0.3 is 25.4 Å². The molecule has 1 amide bonds. The molecule has 3 rings (SSSR count). The van der Waals surface area contributed by atoms with Gasteiger partial charge in [-0.25, -0.2) is 0 Å². The Bertz CT molecular complexity index is 987. The summed E-state index contributed by atoms with van der Waals surface area (Å²) in [5.74, 6) is -0.589. The number of amidine groups is 1. The van der Waals surface area contributed by atoms with Crippen LogP contribution < -0.4 is 15.5 Å². The smallest absolute Gasteiger partial charge is 0.323 e. The van der Waals surface area contributed by atoms with E-state index in [4.69, 9.17) is 21.0 Å². The van der Waals surface area contributed by atoms with Crippen molar-refractivity contribution in [3.8, 4) is 0 Å². The van der Waals surface area contributed by atoms with E-state index in [-0.39, 0.29) is 30.7 Å². The fourth-order valence-electron chi connectivity index (χ4n) is 3.21. The van der Waals surface area contributed by atoms with Crippen LogP contribution in [0.4, 0.5) is 11.4 Å². The summed E-state index contributed by atoms with van der Waals surface area (Å²) in [6.45, 7) is 0.180. The van der Waals surface area contributed by atoms with Crippen molar-refractivity contribution in [1.29, 1.82) is 5.41 Å². The number of hydrogen-bond acceptors (Lipinski definition) is 5. The molecule has 2 aromatic rings. The third-order valence-corrected chi connectivity index (χ3v) is 4.75. The molecule has 0 atom stereocenters. The van der Waals surface area contributed by atoms with Crippen LogP contribution in [0.3, 0.4) is 0 Å². The van der Waals surface area contributed by atoms with Crippen LogP contribution in [-0.4, -0.2) is 50.1 Å². The number of carbonyl (C=O) groups is 2. The molecule has 9 heteroatoms. The van der Waals surface area contributed by atoms with Crippen LogP contribution in [0.1, 0.15) is 11.1 Å². The summed E-state index contributed by atoms with van der Waals surface area (Å²) in [6, 6.07) is 14.0. The summed E-state index contributed by atoms with van der Waals surface area (Å²) in [5, 5.41) is 16.4. The highest BCUT2D eigenvalue weighted by Crippen LogP contribution is 2.33. The zero-order chi connectivity index (χ0) is 21.1. The molecule has 0 unspecified atom stereocenters. The van der Waals surface area contributed by atoms with Gasteiger partial charge in [-0.1, -0.05) is 12.1 Å². The lowest BCUT2D eigenvalue weighted by Crippen LogP contribution is -2.27. The number of methoxy groups -OCH3 is 1. The number of hydrogen-bond donors (Lipinski definition) is 3. The lowest BCUT2D eigenvalue weighted by molar-refractivity contribution is -0.135. The Hall–Kier alpha value is -3.52. The number of halogens is 1. The Morgan fingerprint density at radius 1 is 1.20 bits per heavy atom. The molecule has 158 valence electrons. The van der Waals surface area contributed by atoms with E-state index in [1.54, 1.807) is 65.4 Å². The normalized spacial score (nSPS) is 13.1. The molecular formula is C21H23ClN4O4. The lowest BCUT2D eigenvalue weighted by Gasteiger charge is -2.18. The van der Waals surface area contributed by atoms with Gasteiger partial charge in [0.25, 0.3) is 5.91 Å². The largest absolute Gasteiger partial charge is 0.498 e. The second-order valence-electron chi connectivity index (χ2n) is 6.65. The third-order valence-electron chi connectivity index (χ3n) is 4.75. The second-order valence-corrected chi connectivity index (χ2v) is 6.65. The topological polar surface area (TPSA) is 120 Å². The minimum absolute atomic E-state index is 0. The van der Waals surface area contributed by atoms with Crippen molar-refractivity contribution in [2.45, 2.75) is 0 Å². The van der Waals surface area contributed by atoms with Crippen molar-refractivity contribution in [3.63, 3.8) is 0 Å². The van der Waals surface area contributed by atoms with Crippen LogP contribution in [0, 0.1) is 5.41 Å². The summed E-state index contributed by atoms with van der Waals surface area (Å²) in [5.41, 5.74) is 8.65. The van der Waals surface area contributed by atoms with Crippen LogP contribution in [0.2, 0.25) is 0 Å². The third kappa shape index (κ3) is 4.55. The molecule has 30 heavy (non-hydrogen) atoms. The molecule has 8 nitrogen and oxygen atoms in total. The zero-order valence-electron chi connectivity index (χ0n) is 16.6. The quantitative estimate of drug-likeness (QED) is 0.458. The summed E-state index contributed by atoms with van der Waals surface area (Å²) < 4.78 is 5.47. The maximum absolute atomic E-state index is 13.1. The number of carboxylic acid groups (broad SMARTS) is 1. The van der Waals surface area contributed by atoms with Crippen molar-refractivity contribution in [2.24, 2.45) is 5.73 Å². The van der Waals surface area contributed by atoms with Gasteiger partial charge in [-0.3, -0.25) is 15.0 Å². The Kier molecular flexibility index (Phi) is 7.07. The molecule has 0 aromatic heterocycles. The second kappa shape index (κ2) is 9.32. The maximum atomic E-state index is 13.1. The summed E-state index contributed by atoms with van der Waals surface area (Å²) in [7, 11) is 3.22.